The largest absolute Gasteiger partial charge is 0.508 e. The Balaban J connectivity index is 0.718. The number of carbonyl (C=O) groups is 3. The molecule has 0 radical (unpaired) electrons. The van der Waals surface area contributed by atoms with E-state index < -0.39 is 6.04 Å². The molecule has 3 atom stereocenters. The molecule has 10 nitrogen and oxygen atoms in total. The SMILES string of the molecule is O=C1CCC(N2Cc3cc(N4CCN(CCO[C@H]5C[C@H](Oc6ccc([C@@H]7c8ccc(O)cc8CC[C@@H]7c7ccccc7)cc6)C5)CC4)ccc3C2=O)C(=O)N1. The summed E-state index contributed by atoms with van der Waals surface area (Å²) in [6.45, 7) is 5.66. The summed E-state index contributed by atoms with van der Waals surface area (Å²) in [6.07, 6.45) is 4.80. The summed E-state index contributed by atoms with van der Waals surface area (Å²) in [5.41, 5.74) is 7.83. The molecule has 0 spiro atoms. The highest BCUT2D eigenvalue weighted by atomic mass is 16.5. The van der Waals surface area contributed by atoms with Crippen molar-refractivity contribution < 1.29 is 29.0 Å². The summed E-state index contributed by atoms with van der Waals surface area (Å²) < 4.78 is 12.6. The molecule has 2 saturated heterocycles. The Labute approximate surface area is 322 Å². The first kappa shape index (κ1) is 35.5. The molecule has 3 amide bonds. The molecule has 2 N–H and O–H groups in total. The van der Waals surface area contributed by atoms with E-state index in [9.17, 15) is 19.5 Å². The molecule has 5 aliphatic rings. The maximum atomic E-state index is 13.1. The number of piperidine rings is 1. The molecule has 1 saturated carbocycles. The van der Waals surface area contributed by atoms with Crippen LogP contribution >= 0.6 is 0 Å². The lowest BCUT2D eigenvalue weighted by molar-refractivity contribution is -0.136. The maximum absolute atomic E-state index is 13.1. The topological polar surface area (TPSA) is 112 Å². The number of nitrogens with one attached hydrogen (secondary N) is 1. The average molecular weight is 741 g/mol. The molecule has 3 fully saturated rings. The second-order valence-electron chi connectivity index (χ2n) is 15.8. The molecular weight excluding hydrogens is 693 g/mol. The molecule has 0 bridgehead atoms. The number of imide groups is 1. The van der Waals surface area contributed by atoms with Crippen LogP contribution in [0.1, 0.15) is 82.1 Å². The predicted octanol–water partition coefficient (Wildman–Crippen LogP) is 5.76. The van der Waals surface area contributed by atoms with Crippen molar-refractivity contribution in [2.45, 2.75) is 75.2 Å². The van der Waals surface area contributed by atoms with E-state index in [0.717, 1.165) is 75.4 Å². The van der Waals surface area contributed by atoms with Crippen LogP contribution in [-0.2, 0) is 27.3 Å². The first-order valence-electron chi connectivity index (χ1n) is 19.9. The summed E-state index contributed by atoms with van der Waals surface area (Å²) in [5.74, 6) is 1.02. The number of amides is 3. The minimum absolute atomic E-state index is 0.137. The Hall–Kier alpha value is -5.19. The van der Waals surface area contributed by atoms with Crippen LogP contribution in [0.3, 0.4) is 0 Å². The molecule has 0 aromatic heterocycles. The van der Waals surface area contributed by atoms with E-state index in [0.29, 0.717) is 36.8 Å². The Morgan fingerprint density at radius 3 is 2.35 bits per heavy atom. The predicted molar refractivity (Wildman–Crippen MR) is 208 cm³/mol. The molecule has 4 aromatic carbocycles. The number of anilines is 1. The van der Waals surface area contributed by atoms with Crippen LogP contribution in [-0.4, -0.2) is 90.2 Å². The highest BCUT2D eigenvalue weighted by Crippen LogP contribution is 2.47. The molecule has 1 unspecified atom stereocenters. The van der Waals surface area contributed by atoms with Crippen molar-refractivity contribution >= 4 is 23.4 Å². The number of aryl methyl sites for hydroxylation is 1. The monoisotopic (exact) mass is 740 g/mol. The second-order valence-corrected chi connectivity index (χ2v) is 15.8. The zero-order valence-corrected chi connectivity index (χ0v) is 31.1. The minimum atomic E-state index is -0.596. The molecule has 55 heavy (non-hydrogen) atoms. The van der Waals surface area contributed by atoms with E-state index in [1.54, 1.807) is 4.90 Å². The fourth-order valence-electron chi connectivity index (χ4n) is 9.31. The second kappa shape index (κ2) is 15.2. The van der Waals surface area contributed by atoms with Gasteiger partial charge in [0.15, 0.2) is 0 Å². The van der Waals surface area contributed by atoms with Gasteiger partial charge in [0.2, 0.25) is 11.8 Å². The molecule has 9 rings (SSSR count). The summed E-state index contributed by atoms with van der Waals surface area (Å²) in [6, 6.07) is 30.7. The molecular formula is C45H48N4O6. The Morgan fingerprint density at radius 2 is 1.56 bits per heavy atom. The first-order chi connectivity index (χ1) is 26.9. The maximum Gasteiger partial charge on any atom is 0.255 e. The standard InChI is InChI=1S/C45H48N4O6/c50-34-10-15-39-31(25-34)8-13-38(29-4-2-1-3-5-29)43(39)30-6-11-35(12-7-30)55-37-26-36(27-37)54-23-22-47-18-20-48(21-19-47)33-9-14-40-32(24-33)28-49(45(40)53)41-16-17-42(51)46-44(41)52/h1-7,9-12,14-15,24-25,36-38,41,43,50H,8,13,16-23,26-28H2,(H,46,51,52)/t36-,37-,38-,41?,43+/m1/s1. The van der Waals surface area contributed by atoms with Gasteiger partial charge in [-0.1, -0.05) is 48.5 Å². The van der Waals surface area contributed by atoms with E-state index in [-0.39, 0.29) is 42.3 Å². The Kier molecular flexibility index (Phi) is 9.78. The number of hydrogen-bond acceptors (Lipinski definition) is 8. The number of phenols is 1. The highest BCUT2D eigenvalue weighted by molar-refractivity contribution is 6.05. The van der Waals surface area contributed by atoms with Crippen molar-refractivity contribution in [1.29, 1.82) is 0 Å². The Bertz CT molecular complexity index is 2060. The number of nitrogens with zero attached hydrogens (tertiary/aromatic N) is 3. The van der Waals surface area contributed by atoms with Crippen molar-refractivity contribution in [1.82, 2.24) is 15.1 Å². The highest BCUT2D eigenvalue weighted by Gasteiger charge is 2.39. The van der Waals surface area contributed by atoms with Gasteiger partial charge >= 0.3 is 0 Å². The summed E-state index contributed by atoms with van der Waals surface area (Å²) in [7, 11) is 0. The average Bonchev–Trinajstić information content (AvgIpc) is 3.52. The fourth-order valence-corrected chi connectivity index (χ4v) is 9.31. The van der Waals surface area contributed by atoms with Gasteiger partial charge < -0.3 is 24.4 Å². The van der Waals surface area contributed by atoms with Gasteiger partial charge in [-0.3, -0.25) is 24.6 Å². The van der Waals surface area contributed by atoms with Gasteiger partial charge in [-0.05, 0) is 95.5 Å². The van der Waals surface area contributed by atoms with Crippen LogP contribution in [0.5, 0.6) is 11.5 Å². The lowest BCUT2D eigenvalue weighted by Crippen LogP contribution is -2.52. The van der Waals surface area contributed by atoms with Gasteiger partial charge in [-0.2, -0.15) is 0 Å². The van der Waals surface area contributed by atoms with E-state index in [1.165, 1.54) is 22.3 Å². The number of piperazine rings is 1. The van der Waals surface area contributed by atoms with Crippen molar-refractivity contribution in [2.24, 2.45) is 0 Å². The van der Waals surface area contributed by atoms with Crippen LogP contribution in [0.15, 0.2) is 91.0 Å². The molecule has 284 valence electrons. The molecule has 10 heteroatoms. The van der Waals surface area contributed by atoms with E-state index in [2.05, 4.69) is 81.8 Å². The Morgan fingerprint density at radius 1 is 0.764 bits per heavy atom. The third-order valence-electron chi connectivity index (χ3n) is 12.4. The van der Waals surface area contributed by atoms with Crippen molar-refractivity contribution in [3.63, 3.8) is 0 Å². The van der Waals surface area contributed by atoms with Crippen LogP contribution in [0.4, 0.5) is 5.69 Å². The number of rotatable bonds is 10. The number of fused-ring (bicyclic) bond motifs is 2. The van der Waals surface area contributed by atoms with Crippen LogP contribution in [0.2, 0.25) is 0 Å². The number of benzene rings is 4. The molecule has 3 aliphatic heterocycles. The molecule has 2 aliphatic carbocycles. The summed E-state index contributed by atoms with van der Waals surface area (Å²) in [4.78, 5) is 43.5. The van der Waals surface area contributed by atoms with Crippen molar-refractivity contribution in [3.8, 4) is 11.5 Å². The van der Waals surface area contributed by atoms with Gasteiger partial charge in [0, 0.05) is 75.7 Å². The van der Waals surface area contributed by atoms with E-state index >= 15 is 0 Å². The smallest absolute Gasteiger partial charge is 0.255 e. The number of hydrogen-bond donors (Lipinski definition) is 2. The number of ether oxygens (including phenoxy) is 2. The van der Waals surface area contributed by atoms with Crippen molar-refractivity contribution in [3.05, 3.63) is 124 Å². The quantitative estimate of drug-likeness (QED) is 0.198. The van der Waals surface area contributed by atoms with Gasteiger partial charge in [0.1, 0.15) is 23.6 Å². The van der Waals surface area contributed by atoms with E-state index in [1.807, 2.05) is 24.3 Å². The van der Waals surface area contributed by atoms with Gasteiger partial charge in [0.25, 0.3) is 5.91 Å². The number of aromatic hydroxyl groups is 1. The molecule has 3 heterocycles. The fraction of sp³-hybridized carbons (Fsp3) is 0.400. The van der Waals surface area contributed by atoms with E-state index in [4.69, 9.17) is 9.47 Å². The number of phenolic OH excluding ortho intramolecular Hbond substituents is 1. The zero-order chi connectivity index (χ0) is 37.5. The van der Waals surface area contributed by atoms with Crippen molar-refractivity contribution in [2.75, 3.05) is 44.2 Å². The third kappa shape index (κ3) is 7.33. The van der Waals surface area contributed by atoms with Crippen LogP contribution in [0, 0.1) is 0 Å². The third-order valence-corrected chi connectivity index (χ3v) is 12.4. The number of carbonyl (C=O) groups excluding carboxylic acids is 3. The first-order valence-corrected chi connectivity index (χ1v) is 19.9. The minimum Gasteiger partial charge on any atom is -0.508 e. The van der Waals surface area contributed by atoms with Crippen LogP contribution in [0.25, 0.3) is 0 Å². The lowest BCUT2D eigenvalue weighted by atomic mass is 9.69. The van der Waals surface area contributed by atoms with Gasteiger partial charge in [0.05, 0.1) is 12.7 Å². The molecule has 4 aromatic rings. The van der Waals surface area contributed by atoms with Gasteiger partial charge in [-0.25, -0.2) is 0 Å². The zero-order valence-electron chi connectivity index (χ0n) is 31.1. The van der Waals surface area contributed by atoms with Gasteiger partial charge in [-0.15, -0.1) is 0 Å². The van der Waals surface area contributed by atoms with Crippen LogP contribution < -0.4 is 15.0 Å². The summed E-state index contributed by atoms with van der Waals surface area (Å²) >= 11 is 0. The summed E-state index contributed by atoms with van der Waals surface area (Å²) in [5, 5.41) is 12.5. The normalized spacial score (nSPS) is 25.2. The lowest BCUT2D eigenvalue weighted by Gasteiger charge is -2.38.